The maximum atomic E-state index is 3.90. The van der Waals surface area contributed by atoms with Gasteiger partial charge in [-0.25, -0.2) is 0 Å². The van der Waals surface area contributed by atoms with Crippen molar-refractivity contribution < 1.29 is 0 Å². The molecule has 10 heavy (non-hydrogen) atoms. The lowest BCUT2D eigenvalue weighted by Gasteiger charge is -2.39. The van der Waals surface area contributed by atoms with Crippen molar-refractivity contribution in [2.45, 2.75) is 26.7 Å². The fourth-order valence-electron chi connectivity index (χ4n) is 1.24. The second kappa shape index (κ2) is 2.75. The molecule has 1 aliphatic heterocycles. The lowest BCUT2D eigenvalue weighted by molar-refractivity contribution is 0.180. The molecule has 1 aliphatic rings. The van der Waals surface area contributed by atoms with Gasteiger partial charge in [-0.3, -0.25) is 0 Å². The molecule has 1 heteroatoms. The molecular weight excluding hydrogens is 122 g/mol. The highest BCUT2D eigenvalue weighted by Gasteiger charge is 2.30. The molecule has 1 N–H and O–H groups in total. The number of hydrogen-bond donors (Lipinski definition) is 1. The Morgan fingerprint density at radius 2 is 2.20 bits per heavy atom. The molecule has 0 spiro atoms. The van der Waals surface area contributed by atoms with Gasteiger partial charge in [0, 0.05) is 13.1 Å². The van der Waals surface area contributed by atoms with Crippen molar-refractivity contribution >= 4 is 0 Å². The van der Waals surface area contributed by atoms with Gasteiger partial charge in [-0.15, -0.1) is 6.58 Å². The Morgan fingerprint density at radius 3 is 2.50 bits per heavy atom. The molecule has 0 bridgehead atoms. The standard InChI is InChI=1S/C9H17N/c1-8(2)4-5-9(3)6-10-7-9/h10H,1,4-7H2,2-3H3. The van der Waals surface area contributed by atoms with Gasteiger partial charge in [-0.2, -0.15) is 0 Å². The van der Waals surface area contributed by atoms with Crippen molar-refractivity contribution in [3.05, 3.63) is 12.2 Å². The summed E-state index contributed by atoms with van der Waals surface area (Å²) >= 11 is 0. The summed E-state index contributed by atoms with van der Waals surface area (Å²) in [5.41, 5.74) is 1.90. The van der Waals surface area contributed by atoms with Gasteiger partial charge in [-0.05, 0) is 25.2 Å². The first-order valence-electron chi connectivity index (χ1n) is 3.97. The first kappa shape index (κ1) is 7.80. The van der Waals surface area contributed by atoms with Crippen LogP contribution in [-0.2, 0) is 0 Å². The summed E-state index contributed by atoms with van der Waals surface area (Å²) in [4.78, 5) is 0. The van der Waals surface area contributed by atoms with Gasteiger partial charge in [0.25, 0.3) is 0 Å². The molecule has 1 nitrogen and oxygen atoms in total. The van der Waals surface area contributed by atoms with E-state index in [0.717, 1.165) is 0 Å². The quantitative estimate of drug-likeness (QED) is 0.589. The van der Waals surface area contributed by atoms with Crippen LogP contribution in [0.15, 0.2) is 12.2 Å². The largest absolute Gasteiger partial charge is 0.316 e. The summed E-state index contributed by atoms with van der Waals surface area (Å²) in [6.45, 7) is 10.7. The van der Waals surface area contributed by atoms with Crippen molar-refractivity contribution in [2.24, 2.45) is 5.41 Å². The van der Waals surface area contributed by atoms with E-state index in [2.05, 4.69) is 25.7 Å². The topological polar surface area (TPSA) is 12.0 Å². The third-order valence-electron chi connectivity index (χ3n) is 2.26. The fraction of sp³-hybridized carbons (Fsp3) is 0.778. The minimum absolute atomic E-state index is 0.582. The van der Waals surface area contributed by atoms with Crippen molar-refractivity contribution in [1.29, 1.82) is 0 Å². The van der Waals surface area contributed by atoms with Crippen LogP contribution in [0, 0.1) is 5.41 Å². The summed E-state index contributed by atoms with van der Waals surface area (Å²) < 4.78 is 0. The van der Waals surface area contributed by atoms with E-state index in [1.165, 1.54) is 31.5 Å². The van der Waals surface area contributed by atoms with Gasteiger partial charge in [0.2, 0.25) is 0 Å². The lowest BCUT2D eigenvalue weighted by atomic mass is 9.79. The second-order valence-corrected chi connectivity index (χ2v) is 3.87. The second-order valence-electron chi connectivity index (χ2n) is 3.87. The SMILES string of the molecule is C=C(C)CCC1(C)CNC1. The highest BCUT2D eigenvalue weighted by atomic mass is 15.0. The van der Waals surface area contributed by atoms with Crippen molar-refractivity contribution in [1.82, 2.24) is 5.32 Å². The Bertz CT molecular complexity index is 134. The fourth-order valence-corrected chi connectivity index (χ4v) is 1.24. The van der Waals surface area contributed by atoms with Crippen LogP contribution in [0.3, 0.4) is 0 Å². The molecule has 1 rings (SSSR count). The van der Waals surface area contributed by atoms with Gasteiger partial charge in [0.1, 0.15) is 0 Å². The predicted octanol–water partition coefficient (Wildman–Crippen LogP) is 1.95. The van der Waals surface area contributed by atoms with Crippen molar-refractivity contribution in [3.63, 3.8) is 0 Å². The molecule has 0 aromatic carbocycles. The number of allylic oxidation sites excluding steroid dienone is 1. The van der Waals surface area contributed by atoms with E-state index in [-0.39, 0.29) is 0 Å². The van der Waals surface area contributed by atoms with Gasteiger partial charge < -0.3 is 5.32 Å². The number of nitrogens with one attached hydrogen (secondary N) is 1. The minimum atomic E-state index is 0.582. The molecule has 1 fully saturated rings. The van der Waals surface area contributed by atoms with Crippen LogP contribution >= 0.6 is 0 Å². The number of hydrogen-bond acceptors (Lipinski definition) is 1. The van der Waals surface area contributed by atoms with Crippen LogP contribution in [0.1, 0.15) is 26.7 Å². The molecular formula is C9H17N. The van der Waals surface area contributed by atoms with E-state index in [4.69, 9.17) is 0 Å². The van der Waals surface area contributed by atoms with E-state index in [9.17, 15) is 0 Å². The van der Waals surface area contributed by atoms with E-state index in [0.29, 0.717) is 5.41 Å². The Hall–Kier alpha value is -0.300. The summed E-state index contributed by atoms with van der Waals surface area (Å²) in [5, 5.41) is 3.30. The molecule has 0 unspecified atom stereocenters. The third-order valence-corrected chi connectivity index (χ3v) is 2.26. The average Bonchev–Trinajstić information content (AvgIpc) is 1.79. The molecule has 0 saturated carbocycles. The maximum absolute atomic E-state index is 3.90. The molecule has 1 heterocycles. The molecule has 0 aromatic heterocycles. The zero-order valence-corrected chi connectivity index (χ0v) is 7.04. The first-order valence-corrected chi connectivity index (χ1v) is 3.97. The molecule has 58 valence electrons. The predicted molar refractivity (Wildman–Crippen MR) is 45.0 cm³/mol. The molecule has 0 amide bonds. The highest BCUT2D eigenvalue weighted by molar-refractivity contribution is 4.95. The first-order chi connectivity index (χ1) is 4.62. The summed E-state index contributed by atoms with van der Waals surface area (Å²) in [6.07, 6.45) is 2.49. The van der Waals surface area contributed by atoms with Crippen LogP contribution < -0.4 is 5.32 Å². The molecule has 0 atom stereocenters. The Balaban J connectivity index is 2.18. The zero-order chi connectivity index (χ0) is 7.61. The van der Waals surface area contributed by atoms with Gasteiger partial charge in [0.15, 0.2) is 0 Å². The Labute approximate surface area is 63.5 Å². The zero-order valence-electron chi connectivity index (χ0n) is 7.04. The molecule has 0 aliphatic carbocycles. The third kappa shape index (κ3) is 1.84. The highest BCUT2D eigenvalue weighted by Crippen LogP contribution is 2.28. The summed E-state index contributed by atoms with van der Waals surface area (Å²) in [6, 6.07) is 0. The van der Waals surface area contributed by atoms with Crippen LogP contribution in [0.5, 0.6) is 0 Å². The monoisotopic (exact) mass is 139 g/mol. The summed E-state index contributed by atoms with van der Waals surface area (Å²) in [5.74, 6) is 0. The van der Waals surface area contributed by atoms with Gasteiger partial charge >= 0.3 is 0 Å². The Kier molecular flexibility index (Phi) is 2.14. The van der Waals surface area contributed by atoms with E-state index in [1.807, 2.05) is 0 Å². The number of rotatable bonds is 3. The van der Waals surface area contributed by atoms with Gasteiger partial charge in [-0.1, -0.05) is 12.5 Å². The minimum Gasteiger partial charge on any atom is -0.316 e. The van der Waals surface area contributed by atoms with Crippen LogP contribution in [0.4, 0.5) is 0 Å². The van der Waals surface area contributed by atoms with Crippen molar-refractivity contribution in [2.75, 3.05) is 13.1 Å². The van der Waals surface area contributed by atoms with Gasteiger partial charge in [0.05, 0.1) is 0 Å². The van der Waals surface area contributed by atoms with E-state index < -0.39 is 0 Å². The van der Waals surface area contributed by atoms with Crippen LogP contribution in [-0.4, -0.2) is 13.1 Å². The lowest BCUT2D eigenvalue weighted by Crippen LogP contribution is -2.51. The molecule has 0 radical (unpaired) electrons. The van der Waals surface area contributed by atoms with E-state index >= 15 is 0 Å². The molecule has 0 aromatic rings. The summed E-state index contributed by atoms with van der Waals surface area (Å²) in [7, 11) is 0. The van der Waals surface area contributed by atoms with Crippen LogP contribution in [0.2, 0.25) is 0 Å². The molecule has 1 saturated heterocycles. The smallest absolute Gasteiger partial charge is 0.00177 e. The maximum Gasteiger partial charge on any atom is 0.00177 e. The van der Waals surface area contributed by atoms with E-state index in [1.54, 1.807) is 0 Å². The Morgan fingerprint density at radius 1 is 1.60 bits per heavy atom. The van der Waals surface area contributed by atoms with Crippen molar-refractivity contribution in [3.8, 4) is 0 Å². The normalized spacial score (nSPS) is 21.8. The van der Waals surface area contributed by atoms with Crippen LogP contribution in [0.25, 0.3) is 0 Å². The average molecular weight is 139 g/mol.